The molecule has 6 nitrogen and oxygen atoms in total. The third kappa shape index (κ3) is 4.62. The summed E-state index contributed by atoms with van der Waals surface area (Å²) in [5.74, 6) is -0.151. The van der Waals surface area contributed by atoms with Gasteiger partial charge >= 0.3 is 0 Å². The van der Waals surface area contributed by atoms with Crippen molar-refractivity contribution < 1.29 is 13.2 Å². The van der Waals surface area contributed by atoms with Crippen LogP contribution < -0.4 is 10.2 Å². The Morgan fingerprint density at radius 2 is 1.86 bits per heavy atom. The third-order valence-electron chi connectivity index (χ3n) is 5.37. The van der Waals surface area contributed by atoms with Gasteiger partial charge in [0.2, 0.25) is 15.9 Å². The molecule has 0 unspecified atom stereocenters. The number of rotatable bonds is 7. The molecule has 0 saturated carbocycles. The van der Waals surface area contributed by atoms with Gasteiger partial charge in [-0.05, 0) is 49.1 Å². The van der Waals surface area contributed by atoms with E-state index in [2.05, 4.69) is 16.3 Å². The Morgan fingerprint density at radius 3 is 2.59 bits per heavy atom. The van der Waals surface area contributed by atoms with E-state index in [0.717, 1.165) is 30.6 Å². The highest BCUT2D eigenvalue weighted by Gasteiger charge is 2.23. The van der Waals surface area contributed by atoms with E-state index in [-0.39, 0.29) is 17.3 Å². The minimum atomic E-state index is -3.57. The van der Waals surface area contributed by atoms with Crippen LogP contribution in [0, 0.1) is 6.92 Å². The fourth-order valence-corrected chi connectivity index (χ4v) is 5.23. The summed E-state index contributed by atoms with van der Waals surface area (Å²) in [6.07, 6.45) is 2.04. The lowest BCUT2D eigenvalue weighted by Gasteiger charge is -2.30. The second-order valence-corrected chi connectivity index (χ2v) is 9.21. The third-order valence-corrected chi connectivity index (χ3v) is 7.41. The van der Waals surface area contributed by atoms with Crippen molar-refractivity contribution in [1.29, 1.82) is 0 Å². The van der Waals surface area contributed by atoms with Gasteiger partial charge in [0.15, 0.2) is 0 Å². The van der Waals surface area contributed by atoms with Gasteiger partial charge in [0, 0.05) is 31.0 Å². The molecule has 0 saturated heterocycles. The van der Waals surface area contributed by atoms with E-state index in [0.29, 0.717) is 18.8 Å². The van der Waals surface area contributed by atoms with Crippen LogP contribution in [0.5, 0.6) is 0 Å². The van der Waals surface area contributed by atoms with Crippen molar-refractivity contribution in [2.75, 3.05) is 36.4 Å². The summed E-state index contributed by atoms with van der Waals surface area (Å²) >= 11 is 0. The number of para-hydroxylation sites is 1. The number of fused-ring (bicyclic) bond motifs is 1. The molecular formula is C22H29N3O3S. The predicted molar refractivity (Wildman–Crippen MR) is 117 cm³/mol. The molecule has 3 rings (SSSR count). The topological polar surface area (TPSA) is 69.7 Å². The van der Waals surface area contributed by atoms with E-state index >= 15 is 0 Å². The molecule has 1 heterocycles. The molecule has 0 aromatic heterocycles. The van der Waals surface area contributed by atoms with E-state index in [1.54, 1.807) is 18.2 Å². The number of nitrogens with one attached hydrogen (secondary N) is 1. The number of anilines is 2. The molecule has 0 bridgehead atoms. The van der Waals surface area contributed by atoms with E-state index in [1.165, 1.54) is 9.87 Å². The smallest absolute Gasteiger partial charge is 0.243 e. The van der Waals surface area contributed by atoms with Crippen LogP contribution in [0.2, 0.25) is 0 Å². The SMILES string of the molecule is CCN(CC)S(=O)(=O)c1ccc(C)c(NC(=O)CN2CCCc3ccccc32)c1. The van der Waals surface area contributed by atoms with E-state index in [1.807, 2.05) is 39.0 Å². The zero-order valence-corrected chi connectivity index (χ0v) is 18.1. The number of amides is 1. The molecule has 0 fully saturated rings. The van der Waals surface area contributed by atoms with Gasteiger partial charge in [0.05, 0.1) is 11.4 Å². The number of hydrogen-bond donors (Lipinski definition) is 1. The lowest BCUT2D eigenvalue weighted by Crippen LogP contribution is -2.37. The lowest BCUT2D eigenvalue weighted by atomic mass is 10.0. The Hall–Kier alpha value is -2.38. The fraction of sp³-hybridized carbons (Fsp3) is 0.409. The predicted octanol–water partition coefficient (Wildman–Crippen LogP) is 3.42. The Labute approximate surface area is 173 Å². The van der Waals surface area contributed by atoms with Gasteiger partial charge in [-0.25, -0.2) is 8.42 Å². The number of aryl methyl sites for hydroxylation is 2. The Bertz CT molecular complexity index is 985. The maximum atomic E-state index is 12.8. The normalized spacial score (nSPS) is 14.0. The molecule has 29 heavy (non-hydrogen) atoms. The van der Waals surface area contributed by atoms with Crippen molar-refractivity contribution in [3.63, 3.8) is 0 Å². The molecule has 156 valence electrons. The Kier molecular flexibility index (Phi) is 6.59. The van der Waals surface area contributed by atoms with Crippen LogP contribution in [0.25, 0.3) is 0 Å². The van der Waals surface area contributed by atoms with Gasteiger partial charge in [-0.2, -0.15) is 4.31 Å². The summed E-state index contributed by atoms with van der Waals surface area (Å²) < 4.78 is 27.0. The van der Waals surface area contributed by atoms with Crippen LogP contribution in [-0.4, -0.2) is 44.8 Å². The lowest BCUT2D eigenvalue weighted by molar-refractivity contribution is -0.115. The van der Waals surface area contributed by atoms with Crippen LogP contribution >= 0.6 is 0 Å². The minimum absolute atomic E-state index is 0.151. The zero-order chi connectivity index (χ0) is 21.0. The quantitative estimate of drug-likeness (QED) is 0.752. The maximum Gasteiger partial charge on any atom is 0.243 e. The van der Waals surface area contributed by atoms with Gasteiger partial charge in [0.25, 0.3) is 0 Å². The van der Waals surface area contributed by atoms with Crippen LogP contribution in [0.1, 0.15) is 31.4 Å². The number of benzene rings is 2. The van der Waals surface area contributed by atoms with E-state index < -0.39 is 10.0 Å². The number of hydrogen-bond acceptors (Lipinski definition) is 4. The molecule has 0 atom stereocenters. The van der Waals surface area contributed by atoms with Crippen molar-refractivity contribution in [1.82, 2.24) is 4.31 Å². The van der Waals surface area contributed by atoms with Gasteiger partial charge < -0.3 is 10.2 Å². The number of carbonyl (C=O) groups is 1. The first kappa shape index (κ1) is 21.3. The second-order valence-electron chi connectivity index (χ2n) is 7.27. The first-order valence-electron chi connectivity index (χ1n) is 10.1. The second kappa shape index (κ2) is 8.97. The fourth-order valence-electron chi connectivity index (χ4n) is 3.75. The van der Waals surface area contributed by atoms with Crippen LogP contribution in [-0.2, 0) is 21.2 Å². The Morgan fingerprint density at radius 1 is 1.14 bits per heavy atom. The molecule has 1 aliphatic heterocycles. The van der Waals surface area contributed by atoms with Crippen molar-refractivity contribution in [2.24, 2.45) is 0 Å². The maximum absolute atomic E-state index is 12.8. The standard InChI is InChI=1S/C22H29N3O3S/c1-4-25(5-2)29(27,28)19-13-12-17(3)20(15-19)23-22(26)16-24-14-8-10-18-9-6-7-11-21(18)24/h6-7,9,11-13,15H,4-5,8,10,14,16H2,1-3H3,(H,23,26). The van der Waals surface area contributed by atoms with Gasteiger partial charge in [0.1, 0.15) is 0 Å². The average Bonchev–Trinajstić information content (AvgIpc) is 2.70. The summed E-state index contributed by atoms with van der Waals surface area (Å²) in [6.45, 7) is 7.37. The van der Waals surface area contributed by atoms with Crippen molar-refractivity contribution in [2.45, 2.75) is 38.5 Å². The number of nitrogens with zero attached hydrogens (tertiary/aromatic N) is 2. The van der Waals surface area contributed by atoms with Crippen LogP contribution in [0.4, 0.5) is 11.4 Å². The molecule has 0 spiro atoms. The molecule has 1 amide bonds. The van der Waals surface area contributed by atoms with E-state index in [4.69, 9.17) is 0 Å². The summed E-state index contributed by atoms with van der Waals surface area (Å²) in [5.41, 5.74) is 3.72. The zero-order valence-electron chi connectivity index (χ0n) is 17.3. The van der Waals surface area contributed by atoms with Gasteiger partial charge in [-0.3, -0.25) is 4.79 Å². The highest BCUT2D eigenvalue weighted by molar-refractivity contribution is 7.89. The Balaban J connectivity index is 1.78. The number of sulfonamides is 1. The van der Waals surface area contributed by atoms with Crippen LogP contribution in [0.3, 0.4) is 0 Å². The van der Waals surface area contributed by atoms with E-state index in [9.17, 15) is 13.2 Å². The molecule has 2 aromatic carbocycles. The molecule has 1 N–H and O–H groups in total. The summed E-state index contributed by atoms with van der Waals surface area (Å²) in [4.78, 5) is 15.0. The first-order valence-corrected chi connectivity index (χ1v) is 11.5. The van der Waals surface area contributed by atoms with Crippen molar-refractivity contribution in [3.8, 4) is 0 Å². The minimum Gasteiger partial charge on any atom is -0.362 e. The molecule has 0 aliphatic carbocycles. The molecule has 7 heteroatoms. The van der Waals surface area contributed by atoms with Crippen molar-refractivity contribution in [3.05, 3.63) is 53.6 Å². The molecule has 2 aromatic rings. The summed E-state index contributed by atoms with van der Waals surface area (Å²) in [6, 6.07) is 13.1. The van der Waals surface area contributed by atoms with Crippen molar-refractivity contribution >= 4 is 27.3 Å². The largest absolute Gasteiger partial charge is 0.362 e. The van der Waals surface area contributed by atoms with Gasteiger partial charge in [-0.15, -0.1) is 0 Å². The first-order chi connectivity index (χ1) is 13.9. The summed E-state index contributed by atoms with van der Waals surface area (Å²) in [7, 11) is -3.57. The summed E-state index contributed by atoms with van der Waals surface area (Å²) in [5, 5.41) is 2.91. The highest BCUT2D eigenvalue weighted by Crippen LogP contribution is 2.27. The number of carbonyl (C=O) groups excluding carboxylic acids is 1. The molecular weight excluding hydrogens is 386 g/mol. The average molecular weight is 416 g/mol. The molecule has 0 radical (unpaired) electrons. The van der Waals surface area contributed by atoms with Gasteiger partial charge in [-0.1, -0.05) is 38.1 Å². The van der Waals surface area contributed by atoms with Crippen LogP contribution in [0.15, 0.2) is 47.4 Å². The monoisotopic (exact) mass is 415 g/mol. The highest BCUT2D eigenvalue weighted by atomic mass is 32.2. The molecule has 1 aliphatic rings.